The van der Waals surface area contributed by atoms with Gasteiger partial charge in [-0.15, -0.1) is 0 Å². The Bertz CT molecular complexity index is 710. The first kappa shape index (κ1) is 15.5. The van der Waals surface area contributed by atoms with E-state index in [1.165, 1.54) is 16.3 Å². The van der Waals surface area contributed by atoms with E-state index in [0.29, 0.717) is 18.0 Å². The Labute approximate surface area is 131 Å². The smallest absolute Gasteiger partial charge is 0.244 e. The summed E-state index contributed by atoms with van der Waals surface area (Å²) in [6.07, 6.45) is 4.22. The molecule has 0 aromatic heterocycles. The highest BCUT2D eigenvalue weighted by molar-refractivity contribution is 7.89. The number of sulfonamides is 1. The normalized spacial score (nSPS) is 22.0. The van der Waals surface area contributed by atoms with Crippen LogP contribution in [-0.2, 0) is 27.7 Å². The molecule has 0 radical (unpaired) electrons. The van der Waals surface area contributed by atoms with E-state index in [-0.39, 0.29) is 5.91 Å². The van der Waals surface area contributed by atoms with Crippen molar-refractivity contribution in [2.45, 2.75) is 50.0 Å². The van der Waals surface area contributed by atoms with Gasteiger partial charge in [-0.1, -0.05) is 6.07 Å². The Balaban J connectivity index is 2.01. The van der Waals surface area contributed by atoms with E-state index in [9.17, 15) is 13.2 Å². The lowest BCUT2D eigenvalue weighted by molar-refractivity contribution is -0.131. The summed E-state index contributed by atoms with van der Waals surface area (Å²) >= 11 is 0. The van der Waals surface area contributed by atoms with Gasteiger partial charge in [0.25, 0.3) is 0 Å². The number of piperazine rings is 1. The van der Waals surface area contributed by atoms with Gasteiger partial charge in [-0.05, 0) is 62.8 Å². The maximum atomic E-state index is 13.0. The lowest BCUT2D eigenvalue weighted by Gasteiger charge is -2.40. The van der Waals surface area contributed by atoms with E-state index in [0.717, 1.165) is 24.8 Å². The molecule has 3 rings (SSSR count). The zero-order chi connectivity index (χ0) is 16.0. The molecule has 22 heavy (non-hydrogen) atoms. The van der Waals surface area contributed by atoms with Crippen LogP contribution in [0.4, 0.5) is 0 Å². The molecule has 0 saturated carbocycles. The summed E-state index contributed by atoms with van der Waals surface area (Å²) < 4.78 is 27.3. The molecule has 1 amide bonds. The first-order valence-corrected chi connectivity index (χ1v) is 9.20. The quantitative estimate of drug-likeness (QED) is 0.896. The molecule has 1 fully saturated rings. The fraction of sp³-hybridized carbons (Fsp3) is 0.562. The Morgan fingerprint density at radius 2 is 1.82 bits per heavy atom. The van der Waals surface area contributed by atoms with Gasteiger partial charge in [0, 0.05) is 13.1 Å². The molecule has 0 spiro atoms. The highest BCUT2D eigenvalue weighted by Crippen LogP contribution is 2.29. The van der Waals surface area contributed by atoms with E-state index in [1.807, 2.05) is 6.07 Å². The van der Waals surface area contributed by atoms with Crippen molar-refractivity contribution in [1.29, 1.82) is 0 Å². The molecule has 1 aromatic carbocycles. The number of aryl methyl sites for hydroxylation is 2. The number of benzene rings is 1. The summed E-state index contributed by atoms with van der Waals surface area (Å²) in [4.78, 5) is 12.3. The minimum atomic E-state index is -3.66. The number of carbonyl (C=O) groups excluding carboxylic acids is 1. The second-order valence-electron chi connectivity index (χ2n) is 6.53. The molecule has 6 heteroatoms. The summed E-state index contributed by atoms with van der Waals surface area (Å²) in [6.45, 7) is 3.96. The van der Waals surface area contributed by atoms with Gasteiger partial charge in [0.15, 0.2) is 0 Å². The molecule has 120 valence electrons. The van der Waals surface area contributed by atoms with Crippen LogP contribution in [0.25, 0.3) is 0 Å². The van der Waals surface area contributed by atoms with Crippen LogP contribution in [0.5, 0.6) is 0 Å². The highest BCUT2D eigenvalue weighted by Gasteiger charge is 2.44. The van der Waals surface area contributed by atoms with Gasteiger partial charge in [0.05, 0.1) is 4.90 Å². The predicted molar refractivity (Wildman–Crippen MR) is 84.1 cm³/mol. The molecular weight excluding hydrogens is 300 g/mol. The lowest BCUT2D eigenvalue weighted by atomic mass is 9.92. The fourth-order valence-corrected chi connectivity index (χ4v) is 5.10. The number of hydrogen-bond acceptors (Lipinski definition) is 3. The fourth-order valence-electron chi connectivity index (χ4n) is 3.30. The van der Waals surface area contributed by atoms with Gasteiger partial charge in [0.1, 0.15) is 5.54 Å². The Morgan fingerprint density at radius 1 is 1.14 bits per heavy atom. The lowest BCUT2D eigenvalue weighted by Crippen LogP contribution is -2.63. The van der Waals surface area contributed by atoms with Crippen LogP contribution in [0.15, 0.2) is 23.1 Å². The molecule has 1 heterocycles. The second kappa shape index (κ2) is 5.35. The summed E-state index contributed by atoms with van der Waals surface area (Å²) in [5.41, 5.74) is 1.32. The maximum absolute atomic E-state index is 13.0. The van der Waals surface area contributed by atoms with E-state index in [4.69, 9.17) is 0 Å². The van der Waals surface area contributed by atoms with Crippen LogP contribution in [0, 0.1) is 0 Å². The average molecular weight is 322 g/mol. The minimum absolute atomic E-state index is 0.250. The molecule has 1 saturated heterocycles. The van der Waals surface area contributed by atoms with Crippen molar-refractivity contribution in [1.82, 2.24) is 9.62 Å². The summed E-state index contributed by atoms with van der Waals surface area (Å²) in [5, 5.41) is 2.73. The monoisotopic (exact) mass is 322 g/mol. The first-order chi connectivity index (χ1) is 10.3. The van der Waals surface area contributed by atoms with Gasteiger partial charge in [-0.3, -0.25) is 4.79 Å². The molecule has 5 nitrogen and oxygen atoms in total. The molecule has 0 bridgehead atoms. The Hall–Kier alpha value is -1.40. The van der Waals surface area contributed by atoms with Crippen LogP contribution in [0.3, 0.4) is 0 Å². The second-order valence-corrected chi connectivity index (χ2v) is 8.39. The van der Waals surface area contributed by atoms with E-state index >= 15 is 0 Å². The van der Waals surface area contributed by atoms with Crippen molar-refractivity contribution in [2.24, 2.45) is 0 Å². The molecule has 0 unspecified atom stereocenters. The van der Waals surface area contributed by atoms with Crippen LogP contribution in [0.2, 0.25) is 0 Å². The molecule has 1 aromatic rings. The van der Waals surface area contributed by atoms with E-state index in [2.05, 4.69) is 5.32 Å². The Morgan fingerprint density at radius 3 is 2.55 bits per heavy atom. The third-order valence-electron chi connectivity index (χ3n) is 4.69. The molecule has 1 aliphatic heterocycles. The van der Waals surface area contributed by atoms with Crippen LogP contribution in [0.1, 0.15) is 37.8 Å². The average Bonchev–Trinajstić information content (AvgIpc) is 2.49. The summed E-state index contributed by atoms with van der Waals surface area (Å²) in [5.74, 6) is -0.250. The topological polar surface area (TPSA) is 66.5 Å². The van der Waals surface area contributed by atoms with Gasteiger partial charge >= 0.3 is 0 Å². The number of rotatable bonds is 2. The third kappa shape index (κ3) is 2.44. The van der Waals surface area contributed by atoms with Crippen LogP contribution in [-0.4, -0.2) is 37.3 Å². The molecule has 0 atom stereocenters. The maximum Gasteiger partial charge on any atom is 0.244 e. The molecular formula is C16H22N2O3S. The SMILES string of the molecule is CC1(C)C(=O)NCCN1S(=O)(=O)c1ccc2c(c1)CCCC2. The molecule has 2 aliphatic rings. The van der Waals surface area contributed by atoms with Gasteiger partial charge < -0.3 is 5.32 Å². The van der Waals surface area contributed by atoms with Crippen molar-refractivity contribution in [2.75, 3.05) is 13.1 Å². The minimum Gasteiger partial charge on any atom is -0.353 e. The van der Waals surface area contributed by atoms with Gasteiger partial charge in [0.2, 0.25) is 15.9 Å². The van der Waals surface area contributed by atoms with Crippen molar-refractivity contribution in [3.05, 3.63) is 29.3 Å². The third-order valence-corrected chi connectivity index (χ3v) is 6.76. The summed E-state index contributed by atoms with van der Waals surface area (Å²) in [7, 11) is -3.66. The van der Waals surface area contributed by atoms with E-state index in [1.54, 1.807) is 26.0 Å². The first-order valence-electron chi connectivity index (χ1n) is 7.76. The Kier molecular flexibility index (Phi) is 3.77. The number of amides is 1. The predicted octanol–water partition coefficient (Wildman–Crippen LogP) is 1.46. The standard InChI is InChI=1S/C16H22N2O3S/c1-16(2)15(19)17-9-10-18(16)22(20,21)14-8-7-12-5-3-4-6-13(12)11-14/h7-8,11H,3-6,9-10H2,1-2H3,(H,17,19). The largest absolute Gasteiger partial charge is 0.353 e. The van der Waals surface area contributed by atoms with Crippen molar-refractivity contribution < 1.29 is 13.2 Å². The van der Waals surface area contributed by atoms with Crippen LogP contribution >= 0.6 is 0 Å². The van der Waals surface area contributed by atoms with Gasteiger partial charge in [-0.2, -0.15) is 4.31 Å². The van der Waals surface area contributed by atoms with Crippen molar-refractivity contribution >= 4 is 15.9 Å². The highest BCUT2D eigenvalue weighted by atomic mass is 32.2. The number of nitrogens with one attached hydrogen (secondary N) is 1. The zero-order valence-electron chi connectivity index (χ0n) is 13.1. The van der Waals surface area contributed by atoms with Crippen LogP contribution < -0.4 is 5.32 Å². The molecule has 1 aliphatic carbocycles. The van der Waals surface area contributed by atoms with Crippen molar-refractivity contribution in [3.8, 4) is 0 Å². The zero-order valence-corrected chi connectivity index (χ0v) is 13.9. The number of carbonyl (C=O) groups is 1. The van der Waals surface area contributed by atoms with Gasteiger partial charge in [-0.25, -0.2) is 8.42 Å². The van der Waals surface area contributed by atoms with Crippen molar-refractivity contribution in [3.63, 3.8) is 0 Å². The number of hydrogen-bond donors (Lipinski definition) is 1. The molecule has 1 N–H and O–H groups in total. The summed E-state index contributed by atoms with van der Waals surface area (Å²) in [6, 6.07) is 5.41. The van der Waals surface area contributed by atoms with E-state index < -0.39 is 15.6 Å². The number of fused-ring (bicyclic) bond motifs is 1. The number of nitrogens with zero attached hydrogens (tertiary/aromatic N) is 1.